The maximum atomic E-state index is 11.8. The smallest absolute Gasteiger partial charge is 0.295 e. The zero-order valence-corrected chi connectivity index (χ0v) is 25.2. The molecule has 4 aromatic rings. The molecule has 0 aliphatic carbocycles. The van der Waals surface area contributed by atoms with Crippen LogP contribution in [0.3, 0.4) is 0 Å². The average molecular weight is 559 g/mol. The van der Waals surface area contributed by atoms with Gasteiger partial charge in [0.15, 0.2) is 5.75 Å². The largest absolute Gasteiger partial charge is 0.505 e. The van der Waals surface area contributed by atoms with Gasteiger partial charge in [-0.25, -0.2) is 0 Å². The first-order valence-corrected chi connectivity index (χ1v) is 12.6. The fraction of sp³-hybridized carbons (Fsp3) is 0. The first-order chi connectivity index (χ1) is 16.5. The molecule has 0 bridgehead atoms. The van der Waals surface area contributed by atoms with Gasteiger partial charge in [-0.1, -0.05) is 24.3 Å². The van der Waals surface area contributed by atoms with E-state index < -0.39 is 25.1 Å². The van der Waals surface area contributed by atoms with Crippen LogP contribution in [0.15, 0.2) is 109 Å². The van der Waals surface area contributed by atoms with Crippen molar-refractivity contribution in [2.24, 2.45) is 20.5 Å². The molecule has 0 saturated carbocycles. The molecule has 0 aliphatic rings. The molecule has 0 saturated heterocycles. The van der Waals surface area contributed by atoms with Gasteiger partial charge in [0, 0.05) is 69.9 Å². The summed E-state index contributed by atoms with van der Waals surface area (Å²) >= 11 is 0. The molecular formula is C22H16N4Na2O7S2. The van der Waals surface area contributed by atoms with Gasteiger partial charge in [-0.3, -0.25) is 9.11 Å². The molecule has 0 heterocycles. The molecular weight excluding hydrogens is 542 g/mol. The van der Waals surface area contributed by atoms with Crippen molar-refractivity contribution in [3.8, 4) is 5.75 Å². The van der Waals surface area contributed by atoms with Gasteiger partial charge in [-0.15, -0.1) is 5.11 Å². The van der Waals surface area contributed by atoms with Crippen LogP contribution < -0.4 is 0 Å². The van der Waals surface area contributed by atoms with Crippen molar-refractivity contribution in [2.75, 3.05) is 0 Å². The molecule has 0 atom stereocenters. The van der Waals surface area contributed by atoms with Crippen molar-refractivity contribution in [1.82, 2.24) is 0 Å². The SMILES string of the molecule is O=S(=O)(O)c1ccc(N=Nc2ccc(N=Nc3cc(S(=O)(=O)O)c4ccccc4c3O)cc2)cc1.[Na].[Na]. The maximum absolute atomic E-state index is 11.8. The second kappa shape index (κ2) is 12.7. The summed E-state index contributed by atoms with van der Waals surface area (Å²) in [4.78, 5) is -0.660. The monoisotopic (exact) mass is 558 g/mol. The van der Waals surface area contributed by atoms with E-state index in [4.69, 9.17) is 4.55 Å². The number of hydrogen-bond acceptors (Lipinski definition) is 9. The summed E-state index contributed by atoms with van der Waals surface area (Å²) in [6, 6.07) is 18.6. The topological polar surface area (TPSA) is 178 Å². The van der Waals surface area contributed by atoms with E-state index in [1.54, 1.807) is 36.4 Å². The Morgan fingerprint density at radius 2 is 1.00 bits per heavy atom. The Morgan fingerprint density at radius 1 is 0.568 bits per heavy atom. The molecule has 0 unspecified atom stereocenters. The van der Waals surface area contributed by atoms with Gasteiger partial charge in [-0.2, -0.15) is 32.2 Å². The molecule has 37 heavy (non-hydrogen) atoms. The van der Waals surface area contributed by atoms with Crippen molar-refractivity contribution in [3.05, 3.63) is 78.9 Å². The predicted octanol–water partition coefficient (Wildman–Crippen LogP) is 5.11. The number of nitrogens with zero attached hydrogens (tertiary/aromatic N) is 4. The minimum Gasteiger partial charge on any atom is -0.505 e. The van der Waals surface area contributed by atoms with Crippen LogP contribution in [0.2, 0.25) is 0 Å². The predicted molar refractivity (Wildman–Crippen MR) is 138 cm³/mol. The first kappa shape index (κ1) is 31.2. The Morgan fingerprint density at radius 3 is 1.46 bits per heavy atom. The third-order valence-electron chi connectivity index (χ3n) is 4.77. The molecule has 0 amide bonds. The van der Waals surface area contributed by atoms with E-state index in [1.165, 1.54) is 36.4 Å². The summed E-state index contributed by atoms with van der Waals surface area (Å²) in [5, 5.41) is 26.8. The average Bonchev–Trinajstić information content (AvgIpc) is 2.82. The minimum atomic E-state index is -4.57. The second-order valence-electron chi connectivity index (χ2n) is 7.15. The molecule has 0 fully saturated rings. The fourth-order valence-corrected chi connectivity index (χ4v) is 4.30. The number of phenols is 1. The van der Waals surface area contributed by atoms with Crippen LogP contribution in [0, 0.1) is 0 Å². The number of benzene rings is 4. The fourth-order valence-electron chi connectivity index (χ4n) is 3.10. The van der Waals surface area contributed by atoms with E-state index in [9.17, 15) is 26.5 Å². The van der Waals surface area contributed by atoms with Crippen molar-refractivity contribution in [3.63, 3.8) is 0 Å². The summed E-state index contributed by atoms with van der Waals surface area (Å²) < 4.78 is 64.3. The Hall–Kier alpha value is -2.04. The van der Waals surface area contributed by atoms with E-state index in [0.29, 0.717) is 17.1 Å². The number of fused-ring (bicyclic) bond motifs is 1. The molecule has 0 aromatic heterocycles. The number of phenolic OH excluding ortho intramolecular Hbond substituents is 1. The van der Waals surface area contributed by atoms with Gasteiger partial charge in [-0.05, 0) is 54.6 Å². The maximum Gasteiger partial charge on any atom is 0.295 e. The van der Waals surface area contributed by atoms with Gasteiger partial charge in [0.1, 0.15) is 10.6 Å². The van der Waals surface area contributed by atoms with Crippen molar-refractivity contribution in [1.29, 1.82) is 0 Å². The van der Waals surface area contributed by atoms with Gasteiger partial charge in [0.25, 0.3) is 20.2 Å². The number of azo groups is 2. The Labute approximate surface area is 256 Å². The molecule has 2 radical (unpaired) electrons. The van der Waals surface area contributed by atoms with Crippen LogP contribution in [0.25, 0.3) is 10.8 Å². The number of hydrogen-bond donors (Lipinski definition) is 3. The first-order valence-electron chi connectivity index (χ1n) is 9.76. The molecule has 0 aliphatic heterocycles. The molecule has 15 heteroatoms. The van der Waals surface area contributed by atoms with Gasteiger partial charge < -0.3 is 5.11 Å². The second-order valence-corrected chi connectivity index (χ2v) is 9.96. The Balaban J connectivity index is 0.00000241. The Kier molecular flexibility index (Phi) is 10.7. The van der Waals surface area contributed by atoms with Crippen LogP contribution in [0.1, 0.15) is 0 Å². The van der Waals surface area contributed by atoms with Crippen LogP contribution in [0.4, 0.5) is 22.7 Å². The molecule has 3 N–H and O–H groups in total. The quantitative estimate of drug-likeness (QED) is 0.167. The molecule has 4 rings (SSSR count). The Bertz CT molecular complexity index is 1690. The van der Waals surface area contributed by atoms with Crippen molar-refractivity contribution < 1.29 is 31.0 Å². The van der Waals surface area contributed by atoms with E-state index in [-0.39, 0.29) is 86.2 Å². The molecule has 4 aromatic carbocycles. The summed E-state index contributed by atoms with van der Waals surface area (Å²) in [5.74, 6) is -0.290. The summed E-state index contributed by atoms with van der Waals surface area (Å²) in [7, 11) is -8.86. The molecule has 180 valence electrons. The van der Waals surface area contributed by atoms with Crippen molar-refractivity contribution >= 4 is 113 Å². The standard InChI is InChI=1S/C22H16N4O7S2.2Na/c27-22-19-4-2-1-3-18(19)21(35(31,32)33)13-20(22)26-25-15-7-5-14(6-8-15)23-24-16-9-11-17(12-10-16)34(28,29)30;;/h1-13,27H,(H,28,29,30)(H,31,32,33);;. The summed E-state index contributed by atoms with van der Waals surface area (Å²) in [5.41, 5.74) is 1.03. The van der Waals surface area contributed by atoms with Gasteiger partial charge >= 0.3 is 0 Å². The van der Waals surface area contributed by atoms with E-state index in [0.717, 1.165) is 6.07 Å². The van der Waals surface area contributed by atoms with Crippen LogP contribution in [-0.4, -0.2) is 90.2 Å². The summed E-state index contributed by atoms with van der Waals surface area (Å²) in [6.45, 7) is 0. The van der Waals surface area contributed by atoms with E-state index in [1.807, 2.05) is 0 Å². The zero-order valence-electron chi connectivity index (χ0n) is 19.6. The molecule has 0 spiro atoms. The van der Waals surface area contributed by atoms with Crippen molar-refractivity contribution in [2.45, 2.75) is 9.79 Å². The van der Waals surface area contributed by atoms with Gasteiger partial charge in [0.05, 0.1) is 22.0 Å². The van der Waals surface area contributed by atoms with Crippen LogP contribution >= 0.6 is 0 Å². The summed E-state index contributed by atoms with van der Waals surface area (Å²) in [6.07, 6.45) is 0. The minimum absolute atomic E-state index is 0. The zero-order chi connectivity index (χ0) is 25.2. The number of aromatic hydroxyl groups is 1. The van der Waals surface area contributed by atoms with E-state index >= 15 is 0 Å². The van der Waals surface area contributed by atoms with Crippen LogP contribution in [0.5, 0.6) is 5.75 Å². The normalized spacial score (nSPS) is 11.9. The number of rotatable bonds is 6. The third-order valence-corrected chi connectivity index (χ3v) is 6.54. The van der Waals surface area contributed by atoms with Gasteiger partial charge in [0.2, 0.25) is 0 Å². The van der Waals surface area contributed by atoms with Crippen LogP contribution in [-0.2, 0) is 20.2 Å². The van der Waals surface area contributed by atoms with E-state index in [2.05, 4.69) is 20.5 Å². The molecule has 11 nitrogen and oxygen atoms in total. The third kappa shape index (κ3) is 7.74.